The van der Waals surface area contributed by atoms with Gasteiger partial charge >= 0.3 is 6.03 Å². The molecule has 0 aromatic heterocycles. The molecule has 17 heavy (non-hydrogen) atoms. The van der Waals surface area contributed by atoms with Gasteiger partial charge in [-0.2, -0.15) is 0 Å². The van der Waals surface area contributed by atoms with Gasteiger partial charge in [0.1, 0.15) is 0 Å². The average molecular weight is 238 g/mol. The third-order valence-electron chi connectivity index (χ3n) is 2.90. The lowest BCUT2D eigenvalue weighted by Crippen LogP contribution is -2.40. The van der Waals surface area contributed by atoms with E-state index in [1.54, 1.807) is 0 Å². The molecule has 0 radical (unpaired) electrons. The van der Waals surface area contributed by atoms with Gasteiger partial charge in [-0.25, -0.2) is 4.79 Å². The van der Waals surface area contributed by atoms with Crippen LogP contribution in [-0.2, 0) is 0 Å². The summed E-state index contributed by atoms with van der Waals surface area (Å²) < 4.78 is 0. The minimum absolute atomic E-state index is 0.0451. The number of hydrogen-bond acceptors (Lipinski definition) is 1. The maximum absolute atomic E-state index is 11.5. The molecule has 98 valence electrons. The molecular weight excluding hydrogens is 212 g/mol. The molecule has 2 amide bonds. The SMILES string of the molecule is CC(C)(C)CNC(=O)NCCC1=CCCCC1. The molecular formula is C14H26N2O. The minimum atomic E-state index is -0.0451. The summed E-state index contributed by atoms with van der Waals surface area (Å²) in [5, 5.41) is 5.80. The summed E-state index contributed by atoms with van der Waals surface area (Å²) in [5.74, 6) is 0. The van der Waals surface area contributed by atoms with Crippen LogP contribution in [0.3, 0.4) is 0 Å². The fourth-order valence-corrected chi connectivity index (χ4v) is 1.88. The van der Waals surface area contributed by atoms with Crippen LogP contribution in [0.5, 0.6) is 0 Å². The number of amides is 2. The van der Waals surface area contributed by atoms with Gasteiger partial charge in [0.15, 0.2) is 0 Å². The standard InChI is InChI=1S/C14H26N2O/c1-14(2,3)11-16-13(17)15-10-9-12-7-5-4-6-8-12/h7H,4-6,8-11H2,1-3H3,(H2,15,16,17). The second-order valence-electron chi connectivity index (χ2n) is 6.03. The number of rotatable bonds is 4. The largest absolute Gasteiger partial charge is 0.338 e. The zero-order valence-corrected chi connectivity index (χ0v) is 11.4. The van der Waals surface area contributed by atoms with E-state index in [1.807, 2.05) is 0 Å². The normalized spacial score (nSPS) is 16.3. The highest BCUT2D eigenvalue weighted by molar-refractivity contribution is 5.73. The fourth-order valence-electron chi connectivity index (χ4n) is 1.88. The summed E-state index contributed by atoms with van der Waals surface area (Å²) in [6.45, 7) is 7.80. The molecule has 0 saturated heterocycles. The minimum Gasteiger partial charge on any atom is -0.338 e. The zero-order valence-electron chi connectivity index (χ0n) is 11.4. The number of carbonyl (C=O) groups excluding carboxylic acids is 1. The monoisotopic (exact) mass is 238 g/mol. The second kappa shape index (κ2) is 6.67. The van der Waals surface area contributed by atoms with Gasteiger partial charge in [-0.3, -0.25) is 0 Å². The fraction of sp³-hybridized carbons (Fsp3) is 0.786. The van der Waals surface area contributed by atoms with Crippen LogP contribution in [-0.4, -0.2) is 19.1 Å². The van der Waals surface area contributed by atoms with E-state index in [-0.39, 0.29) is 11.4 Å². The predicted molar refractivity (Wildman–Crippen MR) is 72.0 cm³/mol. The van der Waals surface area contributed by atoms with Crippen molar-refractivity contribution in [2.24, 2.45) is 5.41 Å². The lowest BCUT2D eigenvalue weighted by molar-refractivity contribution is 0.235. The van der Waals surface area contributed by atoms with Crippen LogP contribution in [0.1, 0.15) is 52.9 Å². The molecule has 0 aliphatic heterocycles. The van der Waals surface area contributed by atoms with E-state index in [2.05, 4.69) is 37.5 Å². The lowest BCUT2D eigenvalue weighted by atomic mass is 9.97. The van der Waals surface area contributed by atoms with Crippen molar-refractivity contribution in [3.8, 4) is 0 Å². The van der Waals surface area contributed by atoms with Gasteiger partial charge in [0.05, 0.1) is 0 Å². The molecule has 0 bridgehead atoms. The van der Waals surface area contributed by atoms with Crippen LogP contribution in [0.4, 0.5) is 4.79 Å². The summed E-state index contributed by atoms with van der Waals surface area (Å²) in [6.07, 6.45) is 8.39. The van der Waals surface area contributed by atoms with Gasteiger partial charge in [0.2, 0.25) is 0 Å². The molecule has 0 saturated carbocycles. The van der Waals surface area contributed by atoms with Crippen molar-refractivity contribution in [1.82, 2.24) is 10.6 Å². The van der Waals surface area contributed by atoms with Crippen LogP contribution < -0.4 is 10.6 Å². The van der Waals surface area contributed by atoms with Crippen LogP contribution in [0.15, 0.2) is 11.6 Å². The Labute approximate surface area is 105 Å². The highest BCUT2D eigenvalue weighted by Crippen LogP contribution is 2.19. The summed E-state index contributed by atoms with van der Waals surface area (Å²) in [7, 11) is 0. The predicted octanol–water partition coefficient (Wildman–Crippen LogP) is 3.22. The smallest absolute Gasteiger partial charge is 0.314 e. The van der Waals surface area contributed by atoms with E-state index in [0.717, 1.165) is 13.0 Å². The van der Waals surface area contributed by atoms with E-state index in [1.165, 1.54) is 31.3 Å². The second-order valence-corrected chi connectivity index (χ2v) is 6.03. The van der Waals surface area contributed by atoms with Crippen molar-refractivity contribution in [2.75, 3.05) is 13.1 Å². The summed E-state index contributed by atoms with van der Waals surface area (Å²) >= 11 is 0. The molecule has 0 fully saturated rings. The molecule has 0 heterocycles. The van der Waals surface area contributed by atoms with Crippen molar-refractivity contribution < 1.29 is 4.79 Å². The maximum atomic E-state index is 11.5. The summed E-state index contributed by atoms with van der Waals surface area (Å²) in [4.78, 5) is 11.5. The first-order valence-corrected chi connectivity index (χ1v) is 6.67. The average Bonchev–Trinajstić information content (AvgIpc) is 2.27. The Morgan fingerprint density at radius 2 is 2.06 bits per heavy atom. The number of carbonyl (C=O) groups is 1. The Bertz CT molecular complexity index is 276. The Morgan fingerprint density at radius 1 is 1.29 bits per heavy atom. The molecule has 1 rings (SSSR count). The molecule has 1 aliphatic carbocycles. The van der Waals surface area contributed by atoms with E-state index >= 15 is 0 Å². The molecule has 3 heteroatoms. The van der Waals surface area contributed by atoms with Crippen LogP contribution in [0, 0.1) is 5.41 Å². The van der Waals surface area contributed by atoms with Gasteiger partial charge < -0.3 is 10.6 Å². The van der Waals surface area contributed by atoms with Crippen molar-refractivity contribution in [1.29, 1.82) is 0 Å². The first-order chi connectivity index (χ1) is 7.97. The molecule has 0 spiro atoms. The number of urea groups is 1. The van der Waals surface area contributed by atoms with Crippen molar-refractivity contribution in [3.05, 3.63) is 11.6 Å². The van der Waals surface area contributed by atoms with Gasteiger partial charge in [0, 0.05) is 13.1 Å². The topological polar surface area (TPSA) is 41.1 Å². The molecule has 2 N–H and O–H groups in total. The van der Waals surface area contributed by atoms with Crippen LogP contribution >= 0.6 is 0 Å². The van der Waals surface area contributed by atoms with E-state index in [0.29, 0.717) is 6.54 Å². The van der Waals surface area contributed by atoms with E-state index in [9.17, 15) is 4.79 Å². The summed E-state index contributed by atoms with van der Waals surface area (Å²) in [6, 6.07) is -0.0451. The molecule has 1 aliphatic rings. The third kappa shape index (κ3) is 7.03. The first-order valence-electron chi connectivity index (χ1n) is 6.67. The first kappa shape index (κ1) is 14.1. The van der Waals surface area contributed by atoms with Crippen LogP contribution in [0.25, 0.3) is 0 Å². The molecule has 0 aromatic carbocycles. The van der Waals surface area contributed by atoms with E-state index in [4.69, 9.17) is 0 Å². The Balaban J connectivity index is 2.09. The molecule has 0 unspecified atom stereocenters. The Hall–Kier alpha value is -0.990. The van der Waals surface area contributed by atoms with Crippen LogP contribution in [0.2, 0.25) is 0 Å². The maximum Gasteiger partial charge on any atom is 0.314 e. The van der Waals surface area contributed by atoms with E-state index < -0.39 is 0 Å². The Morgan fingerprint density at radius 3 is 2.65 bits per heavy atom. The number of nitrogens with one attached hydrogen (secondary N) is 2. The lowest BCUT2D eigenvalue weighted by Gasteiger charge is -2.19. The summed E-state index contributed by atoms with van der Waals surface area (Å²) in [5.41, 5.74) is 1.65. The molecule has 0 aromatic rings. The third-order valence-corrected chi connectivity index (χ3v) is 2.90. The van der Waals surface area contributed by atoms with Gasteiger partial charge in [-0.05, 0) is 37.5 Å². The highest BCUT2D eigenvalue weighted by Gasteiger charge is 2.11. The quantitative estimate of drug-likeness (QED) is 0.725. The molecule has 3 nitrogen and oxygen atoms in total. The number of hydrogen-bond donors (Lipinski definition) is 2. The number of allylic oxidation sites excluding steroid dienone is 1. The Kier molecular flexibility index (Phi) is 5.52. The highest BCUT2D eigenvalue weighted by atomic mass is 16.2. The van der Waals surface area contributed by atoms with Crippen molar-refractivity contribution in [2.45, 2.75) is 52.9 Å². The molecule has 0 atom stereocenters. The van der Waals surface area contributed by atoms with Gasteiger partial charge in [-0.1, -0.05) is 32.4 Å². The van der Waals surface area contributed by atoms with Crippen molar-refractivity contribution >= 4 is 6.03 Å². The van der Waals surface area contributed by atoms with Crippen molar-refractivity contribution in [3.63, 3.8) is 0 Å². The zero-order chi connectivity index (χ0) is 12.7. The van der Waals surface area contributed by atoms with Gasteiger partial charge in [0.25, 0.3) is 0 Å². The van der Waals surface area contributed by atoms with Gasteiger partial charge in [-0.15, -0.1) is 0 Å².